The first-order chi connectivity index (χ1) is 7.56. The zero-order valence-electron chi connectivity index (χ0n) is 10.7. The molecule has 1 unspecified atom stereocenters. The molecule has 0 radical (unpaired) electrons. The topological polar surface area (TPSA) is 37.0 Å². The molecule has 0 bridgehead atoms. The molecule has 2 N–H and O–H groups in total. The number of nitrogens with zero attached hydrogens (tertiary/aromatic N) is 1. The molecular weight excluding hydrogens is 218 g/mol. The lowest BCUT2D eigenvalue weighted by molar-refractivity contribution is 0.381. The Morgan fingerprint density at radius 1 is 1.50 bits per heavy atom. The highest BCUT2D eigenvalue weighted by atomic mass is 32.1. The van der Waals surface area contributed by atoms with Crippen LogP contribution < -0.4 is 10.6 Å². The number of nitrogens with one attached hydrogen (secondary N) is 2. The maximum atomic E-state index is 4.36. The molecule has 1 aromatic heterocycles. The van der Waals surface area contributed by atoms with E-state index < -0.39 is 0 Å². The molecule has 4 heteroatoms. The van der Waals surface area contributed by atoms with E-state index in [2.05, 4.69) is 43.3 Å². The van der Waals surface area contributed by atoms with E-state index in [1.807, 2.05) is 11.6 Å². The second-order valence-corrected chi connectivity index (χ2v) is 5.53. The van der Waals surface area contributed by atoms with Gasteiger partial charge in [-0.25, -0.2) is 4.98 Å². The molecule has 0 aromatic carbocycles. The lowest BCUT2D eigenvalue weighted by atomic mass is 10.1. The summed E-state index contributed by atoms with van der Waals surface area (Å²) in [5.74, 6) is 0. The summed E-state index contributed by atoms with van der Waals surface area (Å²) < 4.78 is 0. The zero-order valence-corrected chi connectivity index (χ0v) is 11.5. The third-order valence-electron chi connectivity index (χ3n) is 2.66. The van der Waals surface area contributed by atoms with Crippen molar-refractivity contribution in [2.24, 2.45) is 0 Å². The molecule has 0 aliphatic heterocycles. The van der Waals surface area contributed by atoms with Crippen LogP contribution in [0.25, 0.3) is 0 Å². The van der Waals surface area contributed by atoms with Crippen LogP contribution in [-0.2, 0) is 5.54 Å². The molecule has 0 aliphatic rings. The summed E-state index contributed by atoms with van der Waals surface area (Å²) in [7, 11) is 0. The fourth-order valence-electron chi connectivity index (χ4n) is 1.66. The van der Waals surface area contributed by atoms with Crippen molar-refractivity contribution >= 4 is 11.3 Å². The van der Waals surface area contributed by atoms with Crippen molar-refractivity contribution in [2.75, 3.05) is 13.1 Å². The predicted octanol–water partition coefficient (Wildman–Crippen LogP) is 2.36. The van der Waals surface area contributed by atoms with Crippen molar-refractivity contribution in [1.29, 1.82) is 0 Å². The van der Waals surface area contributed by atoms with E-state index in [1.54, 1.807) is 11.3 Å². The van der Waals surface area contributed by atoms with Crippen LogP contribution in [-0.4, -0.2) is 24.1 Å². The van der Waals surface area contributed by atoms with E-state index in [1.165, 1.54) is 0 Å². The second kappa shape index (κ2) is 6.33. The van der Waals surface area contributed by atoms with E-state index in [-0.39, 0.29) is 5.54 Å². The van der Waals surface area contributed by atoms with E-state index in [0.29, 0.717) is 6.04 Å². The lowest BCUT2D eigenvalue weighted by Gasteiger charge is -2.25. The average molecular weight is 241 g/mol. The Morgan fingerprint density at radius 3 is 2.81 bits per heavy atom. The molecule has 1 rings (SSSR count). The fourth-order valence-corrected chi connectivity index (χ4v) is 2.40. The van der Waals surface area contributed by atoms with Crippen molar-refractivity contribution in [2.45, 2.75) is 45.7 Å². The van der Waals surface area contributed by atoms with Crippen LogP contribution in [0.2, 0.25) is 0 Å². The molecule has 0 saturated carbocycles. The summed E-state index contributed by atoms with van der Waals surface area (Å²) in [6.45, 7) is 10.8. The Bertz CT molecular complexity index is 282. The molecule has 0 amide bonds. The lowest BCUT2D eigenvalue weighted by Crippen LogP contribution is -2.39. The van der Waals surface area contributed by atoms with Gasteiger partial charge in [-0.05, 0) is 40.3 Å². The molecule has 0 aliphatic carbocycles. The van der Waals surface area contributed by atoms with Crippen LogP contribution in [0.4, 0.5) is 0 Å². The minimum atomic E-state index is -0.0138. The summed E-state index contributed by atoms with van der Waals surface area (Å²) >= 11 is 1.71. The van der Waals surface area contributed by atoms with Gasteiger partial charge in [0.05, 0.1) is 5.54 Å². The first-order valence-electron chi connectivity index (χ1n) is 5.94. The van der Waals surface area contributed by atoms with Crippen LogP contribution in [0.3, 0.4) is 0 Å². The summed E-state index contributed by atoms with van der Waals surface area (Å²) in [6, 6.07) is 0.574. The van der Waals surface area contributed by atoms with Gasteiger partial charge < -0.3 is 10.6 Å². The quantitative estimate of drug-likeness (QED) is 0.769. The van der Waals surface area contributed by atoms with Crippen molar-refractivity contribution < 1.29 is 0 Å². The minimum Gasteiger partial charge on any atom is -0.314 e. The molecule has 1 atom stereocenters. The maximum absolute atomic E-state index is 4.36. The summed E-state index contributed by atoms with van der Waals surface area (Å²) in [4.78, 5) is 4.36. The number of aromatic nitrogens is 1. The third kappa shape index (κ3) is 4.20. The van der Waals surface area contributed by atoms with E-state index in [9.17, 15) is 0 Å². The Morgan fingerprint density at radius 2 is 2.25 bits per heavy atom. The predicted molar refractivity (Wildman–Crippen MR) is 70.9 cm³/mol. The van der Waals surface area contributed by atoms with Gasteiger partial charge in [0.2, 0.25) is 0 Å². The third-order valence-corrected chi connectivity index (χ3v) is 3.76. The molecule has 1 heterocycles. The molecule has 16 heavy (non-hydrogen) atoms. The standard InChI is InChI=1S/C12H23N3S/c1-5-13-10(2)6-7-15-12(3,4)11-14-8-9-16-11/h8-10,13,15H,5-7H2,1-4H3. The monoisotopic (exact) mass is 241 g/mol. The molecule has 0 saturated heterocycles. The first kappa shape index (κ1) is 13.6. The number of thiazole rings is 1. The van der Waals surface area contributed by atoms with Gasteiger partial charge in [0.1, 0.15) is 5.01 Å². The first-order valence-corrected chi connectivity index (χ1v) is 6.82. The molecular formula is C12H23N3S. The fraction of sp³-hybridized carbons (Fsp3) is 0.750. The van der Waals surface area contributed by atoms with Gasteiger partial charge in [-0.1, -0.05) is 6.92 Å². The van der Waals surface area contributed by atoms with Crippen molar-refractivity contribution in [3.8, 4) is 0 Å². The number of hydrogen-bond donors (Lipinski definition) is 2. The average Bonchev–Trinajstić information content (AvgIpc) is 2.71. The highest BCUT2D eigenvalue weighted by Gasteiger charge is 2.22. The van der Waals surface area contributed by atoms with Crippen molar-refractivity contribution in [3.05, 3.63) is 16.6 Å². The maximum Gasteiger partial charge on any atom is 0.112 e. The van der Waals surface area contributed by atoms with E-state index in [0.717, 1.165) is 24.5 Å². The van der Waals surface area contributed by atoms with Crippen molar-refractivity contribution in [1.82, 2.24) is 15.6 Å². The SMILES string of the molecule is CCNC(C)CCNC(C)(C)c1nccs1. The Labute approximate surface area is 103 Å². The largest absolute Gasteiger partial charge is 0.314 e. The number of rotatable bonds is 7. The Hall–Kier alpha value is -0.450. The van der Waals surface area contributed by atoms with Crippen LogP contribution >= 0.6 is 11.3 Å². The van der Waals surface area contributed by atoms with Gasteiger partial charge in [0.15, 0.2) is 0 Å². The Balaban J connectivity index is 2.32. The van der Waals surface area contributed by atoms with Gasteiger partial charge in [0, 0.05) is 17.6 Å². The molecule has 0 fully saturated rings. The highest BCUT2D eigenvalue weighted by molar-refractivity contribution is 7.09. The molecule has 0 spiro atoms. The van der Waals surface area contributed by atoms with Gasteiger partial charge in [-0.3, -0.25) is 0 Å². The van der Waals surface area contributed by atoms with Crippen LogP contribution in [0.1, 0.15) is 39.1 Å². The van der Waals surface area contributed by atoms with Crippen molar-refractivity contribution in [3.63, 3.8) is 0 Å². The second-order valence-electron chi connectivity index (χ2n) is 4.64. The summed E-state index contributed by atoms with van der Waals surface area (Å²) in [5, 5.41) is 10.2. The zero-order chi connectivity index (χ0) is 12.0. The minimum absolute atomic E-state index is 0.0138. The van der Waals surface area contributed by atoms with Gasteiger partial charge in [-0.2, -0.15) is 0 Å². The van der Waals surface area contributed by atoms with Crippen LogP contribution in [0.5, 0.6) is 0 Å². The molecule has 1 aromatic rings. The van der Waals surface area contributed by atoms with Crippen LogP contribution in [0, 0.1) is 0 Å². The van der Waals surface area contributed by atoms with Gasteiger partial charge in [0.25, 0.3) is 0 Å². The van der Waals surface area contributed by atoms with Crippen LogP contribution in [0.15, 0.2) is 11.6 Å². The summed E-state index contributed by atoms with van der Waals surface area (Å²) in [6.07, 6.45) is 3.01. The number of hydrogen-bond acceptors (Lipinski definition) is 4. The molecule has 92 valence electrons. The summed E-state index contributed by atoms with van der Waals surface area (Å²) in [5.41, 5.74) is -0.0138. The van der Waals surface area contributed by atoms with E-state index >= 15 is 0 Å². The molecule has 3 nitrogen and oxygen atoms in total. The highest BCUT2D eigenvalue weighted by Crippen LogP contribution is 2.21. The van der Waals surface area contributed by atoms with E-state index in [4.69, 9.17) is 0 Å². The normalized spacial score (nSPS) is 14.0. The Kier molecular flexibility index (Phi) is 5.38. The smallest absolute Gasteiger partial charge is 0.112 e. The van der Waals surface area contributed by atoms with Gasteiger partial charge in [-0.15, -0.1) is 11.3 Å². The van der Waals surface area contributed by atoms with Gasteiger partial charge >= 0.3 is 0 Å².